The number of amides is 1. The number of rotatable bonds is 7. The van der Waals surface area contributed by atoms with Crippen molar-refractivity contribution in [2.24, 2.45) is 0 Å². The Morgan fingerprint density at radius 3 is 2.32 bits per heavy atom. The molecule has 0 saturated carbocycles. The van der Waals surface area contributed by atoms with Crippen molar-refractivity contribution in [1.29, 1.82) is 0 Å². The number of hydrogen-bond acceptors (Lipinski definition) is 6. The second-order valence-electron chi connectivity index (χ2n) is 7.19. The number of nitrogens with one attached hydrogen (secondary N) is 1. The summed E-state index contributed by atoms with van der Waals surface area (Å²) < 4.78 is 67.1. The highest BCUT2D eigenvalue weighted by Crippen LogP contribution is 2.26. The van der Waals surface area contributed by atoms with Crippen molar-refractivity contribution in [3.05, 3.63) is 36.0 Å². The van der Waals surface area contributed by atoms with Gasteiger partial charge in [-0.2, -0.15) is 4.31 Å². The Kier molecular flexibility index (Phi) is 7.44. The number of carbonyl (C=O) groups is 1. The number of piperidine rings is 1. The lowest BCUT2D eigenvalue weighted by Gasteiger charge is -2.27. The van der Waals surface area contributed by atoms with E-state index in [2.05, 4.69) is 10.2 Å². The maximum atomic E-state index is 12.7. The number of ether oxygens (including phenoxy) is 1. The van der Waals surface area contributed by atoms with Crippen molar-refractivity contribution in [3.63, 3.8) is 0 Å². The smallest absolute Gasteiger partial charge is 0.406 e. The molecule has 1 aromatic carbocycles. The Labute approximate surface area is 178 Å². The molecule has 2 aliphatic heterocycles. The molecule has 0 unspecified atom stereocenters. The second kappa shape index (κ2) is 9.88. The van der Waals surface area contributed by atoms with Crippen LogP contribution in [0, 0.1) is 0 Å². The predicted octanol–water partition coefficient (Wildman–Crippen LogP) is 2.40. The molecule has 31 heavy (non-hydrogen) atoms. The number of hydrogen-bond donors (Lipinski definition) is 1. The Bertz CT molecular complexity index is 897. The van der Waals surface area contributed by atoms with Crippen LogP contribution < -0.4 is 10.2 Å². The van der Waals surface area contributed by atoms with Crippen LogP contribution in [0.2, 0.25) is 0 Å². The van der Waals surface area contributed by atoms with Crippen molar-refractivity contribution in [2.45, 2.75) is 36.9 Å². The van der Waals surface area contributed by atoms with Gasteiger partial charge in [-0.3, -0.25) is 15.1 Å². The van der Waals surface area contributed by atoms with Crippen LogP contribution in [0.4, 0.5) is 13.2 Å². The summed E-state index contributed by atoms with van der Waals surface area (Å²) in [6.45, 7) is 1.59. The first kappa shape index (κ1) is 23.4. The number of alkyl halides is 3. The van der Waals surface area contributed by atoms with E-state index < -0.39 is 22.1 Å². The molecule has 2 heterocycles. The summed E-state index contributed by atoms with van der Waals surface area (Å²) >= 11 is 0. The number of halogens is 3. The lowest BCUT2D eigenvalue weighted by molar-refractivity contribution is -0.274. The normalized spacial score (nSPS) is 18.4. The third-order valence-corrected chi connectivity index (χ3v) is 6.85. The van der Waals surface area contributed by atoms with Gasteiger partial charge >= 0.3 is 6.36 Å². The molecule has 0 aromatic heterocycles. The average Bonchev–Trinajstić information content (AvgIpc) is 2.74. The van der Waals surface area contributed by atoms with E-state index >= 15 is 0 Å². The quantitative estimate of drug-likeness (QED) is 0.625. The molecule has 1 saturated heterocycles. The third-order valence-electron chi connectivity index (χ3n) is 4.97. The lowest BCUT2D eigenvalue weighted by Crippen LogP contribution is -2.40. The van der Waals surface area contributed by atoms with Crippen LogP contribution in [0.25, 0.3) is 0 Å². The summed E-state index contributed by atoms with van der Waals surface area (Å²) in [7, 11) is -3.87. The van der Waals surface area contributed by atoms with Crippen molar-refractivity contribution in [2.75, 3.05) is 32.8 Å². The SMILES string of the molecule is O=C(CONC1=CCN(S(=O)(=O)c2ccc(OC(F)(F)F)cc2)CC1)N1CCCCC1. The molecule has 0 radical (unpaired) electrons. The first-order valence-corrected chi connectivity index (χ1v) is 11.3. The number of carbonyl (C=O) groups excluding carboxylic acids is 1. The van der Waals surface area contributed by atoms with E-state index in [0.29, 0.717) is 12.1 Å². The molecule has 2 aliphatic rings. The topological polar surface area (TPSA) is 88.2 Å². The van der Waals surface area contributed by atoms with Crippen LogP contribution in [-0.2, 0) is 19.7 Å². The van der Waals surface area contributed by atoms with E-state index in [4.69, 9.17) is 4.84 Å². The van der Waals surface area contributed by atoms with Gasteiger partial charge in [0.05, 0.1) is 4.90 Å². The minimum atomic E-state index is -4.85. The number of nitrogens with zero attached hydrogens (tertiary/aromatic N) is 2. The van der Waals surface area contributed by atoms with Crippen LogP contribution in [0.15, 0.2) is 40.9 Å². The Hall–Kier alpha value is -2.31. The van der Waals surface area contributed by atoms with Gasteiger partial charge in [0, 0.05) is 38.3 Å². The number of hydroxylamine groups is 1. The predicted molar refractivity (Wildman–Crippen MR) is 104 cm³/mol. The van der Waals surface area contributed by atoms with Gasteiger partial charge in [0.25, 0.3) is 5.91 Å². The van der Waals surface area contributed by atoms with Crippen LogP contribution in [0.3, 0.4) is 0 Å². The molecular weight excluding hydrogens is 439 g/mol. The Balaban J connectivity index is 1.49. The molecule has 12 heteroatoms. The van der Waals surface area contributed by atoms with Crippen LogP contribution in [0.5, 0.6) is 5.75 Å². The lowest BCUT2D eigenvalue weighted by atomic mass is 10.1. The van der Waals surface area contributed by atoms with Gasteiger partial charge in [-0.25, -0.2) is 8.42 Å². The molecule has 0 spiro atoms. The second-order valence-corrected chi connectivity index (χ2v) is 9.13. The van der Waals surface area contributed by atoms with E-state index in [-0.39, 0.29) is 30.5 Å². The largest absolute Gasteiger partial charge is 0.573 e. The fourth-order valence-electron chi connectivity index (χ4n) is 3.35. The summed E-state index contributed by atoms with van der Waals surface area (Å²) in [4.78, 5) is 19.0. The molecule has 0 bridgehead atoms. The minimum Gasteiger partial charge on any atom is -0.406 e. The van der Waals surface area contributed by atoms with Crippen molar-refractivity contribution in [1.82, 2.24) is 14.7 Å². The van der Waals surface area contributed by atoms with Gasteiger partial charge in [0.2, 0.25) is 10.0 Å². The highest BCUT2D eigenvalue weighted by molar-refractivity contribution is 7.89. The molecule has 1 N–H and O–H groups in total. The first-order chi connectivity index (χ1) is 14.6. The minimum absolute atomic E-state index is 0.0644. The zero-order valence-electron chi connectivity index (χ0n) is 16.7. The highest BCUT2D eigenvalue weighted by atomic mass is 32.2. The van der Waals surface area contributed by atoms with E-state index in [1.807, 2.05) is 0 Å². The molecule has 8 nitrogen and oxygen atoms in total. The van der Waals surface area contributed by atoms with Gasteiger partial charge in [0.15, 0.2) is 6.61 Å². The van der Waals surface area contributed by atoms with E-state index in [9.17, 15) is 26.4 Å². The van der Waals surface area contributed by atoms with Crippen LogP contribution in [0.1, 0.15) is 25.7 Å². The molecule has 0 aliphatic carbocycles. The monoisotopic (exact) mass is 463 g/mol. The maximum Gasteiger partial charge on any atom is 0.573 e. The number of benzene rings is 1. The molecular formula is C19H24F3N3O5S. The Morgan fingerprint density at radius 1 is 1.06 bits per heavy atom. The molecule has 3 rings (SSSR count). The summed E-state index contributed by atoms with van der Waals surface area (Å²) in [5, 5.41) is 0. The van der Waals surface area contributed by atoms with Crippen molar-refractivity contribution in [3.8, 4) is 5.75 Å². The van der Waals surface area contributed by atoms with Crippen molar-refractivity contribution < 1.29 is 36.0 Å². The summed E-state index contributed by atoms with van der Waals surface area (Å²) in [5.74, 6) is -0.585. The van der Waals surface area contributed by atoms with Gasteiger partial charge in [-0.15, -0.1) is 13.2 Å². The summed E-state index contributed by atoms with van der Waals surface area (Å²) in [6, 6.07) is 4.06. The zero-order valence-corrected chi connectivity index (χ0v) is 17.5. The molecule has 0 atom stereocenters. The van der Waals surface area contributed by atoms with Gasteiger partial charge in [0.1, 0.15) is 5.75 Å². The number of sulfonamides is 1. The van der Waals surface area contributed by atoms with E-state index in [1.165, 1.54) is 4.31 Å². The van der Waals surface area contributed by atoms with Gasteiger partial charge in [-0.1, -0.05) is 0 Å². The highest BCUT2D eigenvalue weighted by Gasteiger charge is 2.32. The van der Waals surface area contributed by atoms with Crippen LogP contribution >= 0.6 is 0 Å². The average molecular weight is 463 g/mol. The van der Waals surface area contributed by atoms with Crippen molar-refractivity contribution >= 4 is 15.9 Å². The van der Waals surface area contributed by atoms with Crippen LogP contribution in [-0.4, -0.2) is 62.7 Å². The Morgan fingerprint density at radius 2 is 1.74 bits per heavy atom. The van der Waals surface area contributed by atoms with Gasteiger partial charge in [-0.05, 0) is 49.6 Å². The van der Waals surface area contributed by atoms with Gasteiger partial charge < -0.3 is 9.64 Å². The molecule has 1 amide bonds. The molecule has 172 valence electrons. The molecule has 1 aromatic rings. The maximum absolute atomic E-state index is 12.7. The zero-order chi connectivity index (χ0) is 22.5. The fraction of sp³-hybridized carbons (Fsp3) is 0.526. The molecule has 1 fully saturated rings. The first-order valence-electron chi connectivity index (χ1n) is 9.86. The third kappa shape index (κ3) is 6.58. The number of likely N-dealkylation sites (tertiary alicyclic amines) is 1. The van der Waals surface area contributed by atoms with E-state index in [1.54, 1.807) is 11.0 Å². The summed E-state index contributed by atoms with van der Waals surface area (Å²) in [6.07, 6.45) is 0.238. The fourth-order valence-corrected chi connectivity index (χ4v) is 4.73. The standard InChI is InChI=1S/C19H24F3N3O5S/c20-19(21,22)30-16-4-6-17(7-5-16)31(27,28)25-12-8-15(9-13-25)23-29-14-18(26)24-10-2-1-3-11-24/h4-8,23H,1-3,9-14H2. The summed E-state index contributed by atoms with van der Waals surface area (Å²) in [5.41, 5.74) is 3.36. The van der Waals surface area contributed by atoms with E-state index in [0.717, 1.165) is 56.6 Å².